The van der Waals surface area contributed by atoms with Crippen LogP contribution < -0.4 is 15.0 Å². The molecular weight excluding hydrogens is 360 g/mol. The largest absolute Gasteiger partial charge is 0.504 e. The molecule has 1 heterocycles. The van der Waals surface area contributed by atoms with Crippen molar-refractivity contribution in [3.05, 3.63) is 58.7 Å². The number of hydrogen-bond donors (Lipinski definition) is 2. The fourth-order valence-corrected chi connectivity index (χ4v) is 2.99. The number of hydrogen-bond acceptors (Lipinski definition) is 5. The molecule has 0 radical (unpaired) electrons. The number of barbiturate groups is 1. The van der Waals surface area contributed by atoms with Crippen LogP contribution in [0.3, 0.4) is 0 Å². The first kappa shape index (κ1) is 19.2. The fraction of sp³-hybridized carbons (Fsp3) is 0.190. The van der Waals surface area contributed by atoms with E-state index in [1.807, 2.05) is 13.0 Å². The van der Waals surface area contributed by atoms with Gasteiger partial charge in [0.15, 0.2) is 11.5 Å². The molecule has 3 rings (SSSR count). The predicted molar refractivity (Wildman–Crippen MR) is 104 cm³/mol. The van der Waals surface area contributed by atoms with Crippen LogP contribution >= 0.6 is 0 Å². The van der Waals surface area contributed by atoms with E-state index in [1.165, 1.54) is 18.2 Å². The van der Waals surface area contributed by atoms with E-state index in [2.05, 4.69) is 5.32 Å². The Morgan fingerprint density at radius 1 is 1.11 bits per heavy atom. The lowest BCUT2D eigenvalue weighted by molar-refractivity contribution is -0.122. The Balaban J connectivity index is 2.02. The number of aryl methyl sites for hydroxylation is 2. The minimum Gasteiger partial charge on any atom is -0.504 e. The van der Waals surface area contributed by atoms with Crippen molar-refractivity contribution in [1.82, 2.24) is 5.32 Å². The van der Waals surface area contributed by atoms with Gasteiger partial charge < -0.3 is 9.84 Å². The van der Waals surface area contributed by atoms with Gasteiger partial charge in [-0.2, -0.15) is 0 Å². The first-order valence-corrected chi connectivity index (χ1v) is 8.76. The summed E-state index contributed by atoms with van der Waals surface area (Å²) in [6.45, 7) is 5.82. The highest BCUT2D eigenvalue weighted by atomic mass is 16.5. The summed E-state index contributed by atoms with van der Waals surface area (Å²) < 4.78 is 5.33. The van der Waals surface area contributed by atoms with Crippen LogP contribution in [0.15, 0.2) is 42.0 Å². The smallest absolute Gasteiger partial charge is 0.335 e. The molecule has 28 heavy (non-hydrogen) atoms. The van der Waals surface area contributed by atoms with Crippen molar-refractivity contribution in [2.75, 3.05) is 11.5 Å². The number of phenolic OH excluding ortho intramolecular Hbond substituents is 1. The zero-order chi connectivity index (χ0) is 20.4. The lowest BCUT2D eigenvalue weighted by atomic mass is 10.0. The van der Waals surface area contributed by atoms with Gasteiger partial charge in [0.05, 0.1) is 12.3 Å². The average molecular weight is 380 g/mol. The zero-order valence-corrected chi connectivity index (χ0v) is 15.8. The minimum absolute atomic E-state index is 0.0458. The minimum atomic E-state index is -0.792. The Labute approximate surface area is 162 Å². The van der Waals surface area contributed by atoms with Crippen molar-refractivity contribution < 1.29 is 24.2 Å². The summed E-state index contributed by atoms with van der Waals surface area (Å²) in [5, 5.41) is 12.0. The Bertz CT molecular complexity index is 1010. The molecule has 0 spiro atoms. The van der Waals surface area contributed by atoms with Crippen LogP contribution in [0.5, 0.6) is 11.5 Å². The highest BCUT2D eigenvalue weighted by Crippen LogP contribution is 2.29. The second-order valence-corrected chi connectivity index (χ2v) is 6.41. The molecule has 1 aliphatic heterocycles. The number of ether oxygens (including phenoxy) is 1. The monoisotopic (exact) mass is 380 g/mol. The molecule has 2 aromatic carbocycles. The molecule has 144 valence electrons. The van der Waals surface area contributed by atoms with Crippen LogP contribution in [-0.2, 0) is 9.59 Å². The maximum absolute atomic E-state index is 13.0. The van der Waals surface area contributed by atoms with E-state index in [-0.39, 0.29) is 17.1 Å². The highest BCUT2D eigenvalue weighted by molar-refractivity contribution is 6.39. The van der Waals surface area contributed by atoms with E-state index < -0.39 is 17.8 Å². The van der Waals surface area contributed by atoms with Crippen molar-refractivity contribution in [2.45, 2.75) is 20.8 Å². The number of rotatable bonds is 4. The van der Waals surface area contributed by atoms with E-state index in [4.69, 9.17) is 4.74 Å². The third-order valence-corrected chi connectivity index (χ3v) is 4.29. The normalized spacial score (nSPS) is 15.8. The van der Waals surface area contributed by atoms with Crippen molar-refractivity contribution in [1.29, 1.82) is 0 Å². The quantitative estimate of drug-likeness (QED) is 0.628. The summed E-state index contributed by atoms with van der Waals surface area (Å²) >= 11 is 0. The molecule has 1 fully saturated rings. The zero-order valence-electron chi connectivity index (χ0n) is 15.8. The first-order valence-electron chi connectivity index (χ1n) is 8.76. The molecule has 2 aromatic rings. The molecular formula is C21H20N2O5. The predicted octanol–water partition coefficient (Wildman–Crippen LogP) is 3.07. The fourth-order valence-electron chi connectivity index (χ4n) is 2.99. The van der Waals surface area contributed by atoms with Crippen molar-refractivity contribution >= 4 is 29.6 Å². The van der Waals surface area contributed by atoms with Gasteiger partial charge in [-0.15, -0.1) is 0 Å². The molecule has 7 nitrogen and oxygen atoms in total. The molecule has 1 saturated heterocycles. The van der Waals surface area contributed by atoms with E-state index >= 15 is 0 Å². The van der Waals surface area contributed by atoms with Gasteiger partial charge in [0.25, 0.3) is 11.8 Å². The second-order valence-electron chi connectivity index (χ2n) is 6.41. The molecule has 2 N–H and O–H groups in total. The maximum atomic E-state index is 13.0. The van der Waals surface area contributed by atoms with Crippen LogP contribution in [0.1, 0.15) is 23.6 Å². The van der Waals surface area contributed by atoms with Crippen LogP contribution in [0, 0.1) is 13.8 Å². The number of imide groups is 2. The van der Waals surface area contributed by atoms with E-state index in [1.54, 1.807) is 32.0 Å². The number of carbonyl (C=O) groups is 3. The second kappa shape index (κ2) is 7.56. The number of anilines is 1. The lowest BCUT2D eigenvalue weighted by Gasteiger charge is -2.27. The van der Waals surface area contributed by atoms with E-state index in [0.29, 0.717) is 17.9 Å². The number of carbonyl (C=O) groups excluding carboxylic acids is 3. The van der Waals surface area contributed by atoms with Gasteiger partial charge in [0, 0.05) is 0 Å². The van der Waals surface area contributed by atoms with Gasteiger partial charge in [0.2, 0.25) is 0 Å². The summed E-state index contributed by atoms with van der Waals surface area (Å²) in [4.78, 5) is 38.5. The van der Waals surface area contributed by atoms with Gasteiger partial charge in [-0.3, -0.25) is 14.9 Å². The number of urea groups is 1. The number of amides is 4. The third-order valence-electron chi connectivity index (χ3n) is 4.29. The Kier molecular flexibility index (Phi) is 5.17. The number of benzene rings is 2. The summed E-state index contributed by atoms with van der Waals surface area (Å²) in [6.07, 6.45) is 1.36. The van der Waals surface area contributed by atoms with Gasteiger partial charge in [-0.25, -0.2) is 9.69 Å². The number of nitrogens with zero attached hydrogens (tertiary/aromatic N) is 1. The Morgan fingerprint density at radius 3 is 2.54 bits per heavy atom. The SMILES string of the molecule is CCOc1cc(/C=C2\C(=O)NC(=O)N(c3ccc(C)cc3C)C2=O)ccc1O. The van der Waals surface area contributed by atoms with Gasteiger partial charge in [0.1, 0.15) is 5.57 Å². The van der Waals surface area contributed by atoms with Gasteiger partial charge in [-0.05, 0) is 56.2 Å². The number of nitrogens with one attached hydrogen (secondary N) is 1. The molecule has 0 atom stereocenters. The topological polar surface area (TPSA) is 95.9 Å². The molecule has 0 unspecified atom stereocenters. The van der Waals surface area contributed by atoms with Gasteiger partial charge >= 0.3 is 6.03 Å². The Hall–Kier alpha value is -3.61. The highest BCUT2D eigenvalue weighted by Gasteiger charge is 2.37. The molecule has 7 heteroatoms. The van der Waals surface area contributed by atoms with E-state index in [9.17, 15) is 19.5 Å². The number of phenols is 1. The van der Waals surface area contributed by atoms with Crippen LogP contribution in [0.2, 0.25) is 0 Å². The van der Waals surface area contributed by atoms with Crippen molar-refractivity contribution in [2.24, 2.45) is 0 Å². The standard InChI is InChI=1S/C21H20N2O5/c1-4-28-18-11-14(6-8-17(18)24)10-15-19(25)22-21(27)23(20(15)26)16-7-5-12(2)9-13(16)3/h5-11,24H,4H2,1-3H3,(H,22,25,27)/b15-10+. The molecule has 0 aliphatic carbocycles. The molecule has 0 bridgehead atoms. The van der Waals surface area contributed by atoms with Crippen LogP contribution in [0.4, 0.5) is 10.5 Å². The summed E-state index contributed by atoms with van der Waals surface area (Å²) in [5.74, 6) is -1.30. The number of aromatic hydroxyl groups is 1. The molecule has 1 aliphatic rings. The molecule has 0 aromatic heterocycles. The summed E-state index contributed by atoms with van der Waals surface area (Å²) in [7, 11) is 0. The average Bonchev–Trinajstić information content (AvgIpc) is 2.63. The Morgan fingerprint density at radius 2 is 1.86 bits per heavy atom. The lowest BCUT2D eigenvalue weighted by Crippen LogP contribution is -2.54. The molecule has 0 saturated carbocycles. The molecule has 4 amide bonds. The first-order chi connectivity index (χ1) is 13.3. The summed E-state index contributed by atoms with van der Waals surface area (Å²) in [5.41, 5.74) is 2.43. The van der Waals surface area contributed by atoms with Gasteiger partial charge in [-0.1, -0.05) is 23.8 Å². The van der Waals surface area contributed by atoms with Crippen molar-refractivity contribution in [3.8, 4) is 11.5 Å². The third kappa shape index (κ3) is 3.59. The van der Waals surface area contributed by atoms with E-state index in [0.717, 1.165) is 16.0 Å². The van der Waals surface area contributed by atoms with Crippen LogP contribution in [0.25, 0.3) is 6.08 Å². The van der Waals surface area contributed by atoms with Crippen LogP contribution in [-0.4, -0.2) is 29.6 Å². The van der Waals surface area contributed by atoms with Crippen molar-refractivity contribution in [3.63, 3.8) is 0 Å². The summed E-state index contributed by atoms with van der Waals surface area (Å²) in [6, 6.07) is 8.99. The maximum Gasteiger partial charge on any atom is 0.335 e.